The topological polar surface area (TPSA) is 81.3 Å². The highest BCUT2D eigenvalue weighted by atomic mass is 35.5. The average molecular weight is 556 g/mol. The molecule has 0 saturated carbocycles. The molecule has 11 heteroatoms. The van der Waals surface area contributed by atoms with Crippen molar-refractivity contribution in [2.24, 2.45) is 0 Å². The summed E-state index contributed by atoms with van der Waals surface area (Å²) in [6.45, 7) is 3.23. The van der Waals surface area contributed by atoms with Gasteiger partial charge in [0.1, 0.15) is 5.52 Å². The zero-order valence-corrected chi connectivity index (χ0v) is 21.7. The number of nitrogens with one attached hydrogen (secondary N) is 2. The minimum Gasteiger partial charge on any atom is -0.324 e. The number of anilines is 2. The Bertz CT molecular complexity index is 1550. The molecule has 1 aliphatic heterocycles. The van der Waals surface area contributed by atoms with Crippen molar-refractivity contribution in [2.45, 2.75) is 32.4 Å². The van der Waals surface area contributed by atoms with Gasteiger partial charge >= 0.3 is 6.18 Å². The van der Waals surface area contributed by atoms with Crippen LogP contribution in [-0.2, 0) is 6.18 Å². The van der Waals surface area contributed by atoms with Gasteiger partial charge in [-0.3, -0.25) is 14.9 Å². The lowest BCUT2D eigenvalue weighted by Gasteiger charge is -2.38. The second kappa shape index (κ2) is 10.7. The van der Waals surface area contributed by atoms with Gasteiger partial charge in [-0.1, -0.05) is 42.3 Å². The Hall–Kier alpha value is -3.89. The molecule has 1 fully saturated rings. The van der Waals surface area contributed by atoms with Gasteiger partial charge in [-0.2, -0.15) is 13.2 Å². The number of carbonyl (C=O) groups is 2. The van der Waals surface area contributed by atoms with Crippen molar-refractivity contribution in [1.82, 2.24) is 15.0 Å². The molecule has 1 aliphatic rings. The van der Waals surface area contributed by atoms with Gasteiger partial charge in [0.2, 0.25) is 5.95 Å². The van der Waals surface area contributed by atoms with E-state index < -0.39 is 23.2 Å². The van der Waals surface area contributed by atoms with E-state index >= 15 is 0 Å². The van der Waals surface area contributed by atoms with Crippen LogP contribution in [0.4, 0.5) is 24.8 Å². The highest BCUT2D eigenvalue weighted by Crippen LogP contribution is 2.33. The largest absolute Gasteiger partial charge is 0.417 e. The predicted molar refractivity (Wildman–Crippen MR) is 144 cm³/mol. The maximum Gasteiger partial charge on any atom is 0.417 e. The van der Waals surface area contributed by atoms with Crippen LogP contribution in [-0.4, -0.2) is 39.9 Å². The number of aromatic nitrogens is 2. The van der Waals surface area contributed by atoms with Gasteiger partial charge in [-0.05, 0) is 61.7 Å². The molecular formula is C28H25ClF3N5O2. The van der Waals surface area contributed by atoms with E-state index in [0.717, 1.165) is 37.0 Å². The highest BCUT2D eigenvalue weighted by Gasteiger charge is 2.35. The van der Waals surface area contributed by atoms with Gasteiger partial charge in [-0.25, -0.2) is 15.0 Å². The van der Waals surface area contributed by atoms with Crippen molar-refractivity contribution in [2.75, 3.05) is 23.4 Å². The predicted octanol–water partition coefficient (Wildman–Crippen LogP) is 6.84. The summed E-state index contributed by atoms with van der Waals surface area (Å²) in [7, 11) is 0. The fourth-order valence-electron chi connectivity index (χ4n) is 4.77. The number of aromatic amines is 1. The number of hydrogen-bond donors (Lipinski definition) is 2. The second-order valence-electron chi connectivity index (χ2n) is 9.30. The number of nitrogens with zero attached hydrogens (tertiary/aromatic N) is 3. The lowest BCUT2D eigenvalue weighted by molar-refractivity contribution is -0.137. The summed E-state index contributed by atoms with van der Waals surface area (Å²) in [5.41, 5.74) is 0.816. The number of rotatable bonds is 5. The number of hydrogen-bond acceptors (Lipinski definition) is 4. The summed E-state index contributed by atoms with van der Waals surface area (Å²) < 4.78 is 40.3. The Balaban J connectivity index is 1.51. The number of fused-ring (bicyclic) bond motifs is 1. The van der Waals surface area contributed by atoms with Crippen molar-refractivity contribution in [3.63, 3.8) is 0 Å². The number of carbonyl (C=O) groups excluding carboxylic acids is 2. The molecule has 1 saturated heterocycles. The van der Waals surface area contributed by atoms with Gasteiger partial charge in [-0.15, -0.1) is 0 Å². The fourth-order valence-corrected chi connectivity index (χ4v) is 4.94. The van der Waals surface area contributed by atoms with E-state index in [1.807, 2.05) is 18.0 Å². The fraction of sp³-hybridized carbons (Fsp3) is 0.250. The molecule has 0 bridgehead atoms. The van der Waals surface area contributed by atoms with Gasteiger partial charge < -0.3 is 4.98 Å². The summed E-state index contributed by atoms with van der Waals surface area (Å²) >= 11 is 6.40. The number of piperidine rings is 1. The standard InChI is InChI=1S/C28H25ClF3N5O2/c1-17-21(29)12-8-14-23(17)37(36-15-5-2-6-16-36)26(39)19-10-7-13-22-24(19)34-27(33-22)35-25(38)18-9-3-4-11-20(18)28(30,31)32/h3-4,7-14H,2,5-6,15-16H2,1H3,(H2,33,34,35,38). The van der Waals surface area contributed by atoms with E-state index in [4.69, 9.17) is 11.6 Å². The van der Waals surface area contributed by atoms with Crippen molar-refractivity contribution < 1.29 is 22.8 Å². The third-order valence-electron chi connectivity index (χ3n) is 6.73. The van der Waals surface area contributed by atoms with Crippen LogP contribution in [0.3, 0.4) is 0 Å². The maximum absolute atomic E-state index is 14.1. The first kappa shape index (κ1) is 26.7. The smallest absolute Gasteiger partial charge is 0.324 e. The summed E-state index contributed by atoms with van der Waals surface area (Å²) in [6, 6.07) is 14.9. The third-order valence-corrected chi connectivity index (χ3v) is 7.14. The molecule has 202 valence electrons. The third kappa shape index (κ3) is 5.35. The molecule has 7 nitrogen and oxygen atoms in total. The van der Waals surface area contributed by atoms with Crippen LogP contribution in [0.5, 0.6) is 0 Å². The lowest BCUT2D eigenvalue weighted by atomic mass is 10.1. The molecule has 0 radical (unpaired) electrons. The SMILES string of the molecule is Cc1c(Cl)cccc1N(C(=O)c1cccc2[nH]c(NC(=O)c3ccccc3C(F)(F)F)nc12)N1CCCCC1. The Morgan fingerprint density at radius 3 is 2.41 bits per heavy atom. The monoisotopic (exact) mass is 555 g/mol. The second-order valence-corrected chi connectivity index (χ2v) is 9.71. The van der Waals surface area contributed by atoms with E-state index in [9.17, 15) is 22.8 Å². The van der Waals surface area contributed by atoms with E-state index in [1.54, 1.807) is 35.3 Å². The summed E-state index contributed by atoms with van der Waals surface area (Å²) in [6.07, 6.45) is -1.75. The molecule has 4 aromatic rings. The number of alkyl halides is 3. The molecule has 3 aromatic carbocycles. The Kier molecular flexibility index (Phi) is 7.33. The normalized spacial score (nSPS) is 14.4. The molecule has 2 heterocycles. The first-order chi connectivity index (χ1) is 18.6. The van der Waals surface area contributed by atoms with Crippen LogP contribution in [0.1, 0.15) is 51.1 Å². The maximum atomic E-state index is 14.1. The quantitative estimate of drug-likeness (QED) is 0.282. The molecular weight excluding hydrogens is 531 g/mol. The molecule has 39 heavy (non-hydrogen) atoms. The van der Waals surface area contributed by atoms with Gasteiger partial charge in [0, 0.05) is 18.1 Å². The van der Waals surface area contributed by atoms with Gasteiger partial charge in [0.05, 0.1) is 27.9 Å². The number of benzene rings is 3. The van der Waals surface area contributed by atoms with Crippen LogP contribution in [0.25, 0.3) is 11.0 Å². The molecule has 2 N–H and O–H groups in total. The van der Waals surface area contributed by atoms with E-state index in [1.165, 1.54) is 12.1 Å². The zero-order chi connectivity index (χ0) is 27.7. The number of hydrazine groups is 1. The summed E-state index contributed by atoms with van der Waals surface area (Å²) in [5.74, 6) is -1.38. The number of amides is 2. The molecule has 0 atom stereocenters. The first-order valence-corrected chi connectivity index (χ1v) is 12.8. The summed E-state index contributed by atoms with van der Waals surface area (Å²) in [5, 5.41) is 6.56. The van der Waals surface area contributed by atoms with E-state index in [0.29, 0.717) is 29.3 Å². The zero-order valence-electron chi connectivity index (χ0n) is 21.0. The van der Waals surface area contributed by atoms with Crippen LogP contribution < -0.4 is 10.3 Å². The van der Waals surface area contributed by atoms with E-state index in [-0.39, 0.29) is 22.9 Å². The minimum atomic E-state index is -4.70. The van der Waals surface area contributed by atoms with Crippen LogP contribution in [0, 0.1) is 6.92 Å². The first-order valence-electron chi connectivity index (χ1n) is 12.5. The Morgan fingerprint density at radius 1 is 0.974 bits per heavy atom. The lowest BCUT2D eigenvalue weighted by Crippen LogP contribution is -2.49. The number of para-hydroxylation sites is 1. The van der Waals surface area contributed by atoms with Crippen molar-refractivity contribution >= 4 is 46.1 Å². The van der Waals surface area contributed by atoms with E-state index in [2.05, 4.69) is 15.3 Å². The summed E-state index contributed by atoms with van der Waals surface area (Å²) in [4.78, 5) is 34.2. The molecule has 5 rings (SSSR count). The number of halogens is 4. The minimum absolute atomic E-state index is 0.0734. The molecule has 1 aromatic heterocycles. The van der Waals surface area contributed by atoms with Gasteiger partial charge in [0.25, 0.3) is 11.8 Å². The van der Waals surface area contributed by atoms with Crippen LogP contribution >= 0.6 is 11.6 Å². The Morgan fingerprint density at radius 2 is 1.67 bits per heavy atom. The Labute approximate surface area is 227 Å². The van der Waals surface area contributed by atoms with Crippen molar-refractivity contribution in [3.05, 3.63) is 87.9 Å². The molecule has 0 unspecified atom stereocenters. The molecule has 0 spiro atoms. The van der Waals surface area contributed by atoms with Gasteiger partial charge in [0.15, 0.2) is 0 Å². The molecule has 0 aliphatic carbocycles. The van der Waals surface area contributed by atoms with Crippen LogP contribution in [0.2, 0.25) is 5.02 Å². The van der Waals surface area contributed by atoms with Crippen molar-refractivity contribution in [3.8, 4) is 0 Å². The number of H-pyrrole nitrogens is 1. The molecule has 2 amide bonds. The van der Waals surface area contributed by atoms with Crippen molar-refractivity contribution in [1.29, 1.82) is 0 Å². The average Bonchev–Trinajstić information content (AvgIpc) is 3.33. The van der Waals surface area contributed by atoms with Crippen LogP contribution in [0.15, 0.2) is 60.7 Å². The number of imidazole rings is 1. The highest BCUT2D eigenvalue weighted by molar-refractivity contribution is 6.32.